The van der Waals surface area contributed by atoms with Gasteiger partial charge in [0.2, 0.25) is 11.9 Å². The summed E-state index contributed by atoms with van der Waals surface area (Å²) in [7, 11) is 1.83. The van der Waals surface area contributed by atoms with Gasteiger partial charge in [0.05, 0.1) is 35.5 Å². The molecule has 1 fully saturated rings. The van der Waals surface area contributed by atoms with Crippen molar-refractivity contribution in [3.05, 3.63) is 22.8 Å². The maximum absolute atomic E-state index is 12.1. The van der Waals surface area contributed by atoms with Gasteiger partial charge < -0.3 is 20.3 Å². The Morgan fingerprint density at radius 1 is 1.27 bits per heavy atom. The second kappa shape index (κ2) is 8.49. The number of hydrogen-bond donors (Lipinski definition) is 1. The highest BCUT2D eigenvalue weighted by Gasteiger charge is 2.23. The molecule has 3 aromatic rings. The molecule has 0 aromatic carbocycles. The van der Waals surface area contributed by atoms with Crippen molar-refractivity contribution < 1.29 is 9.53 Å². The number of carbonyl (C=O) groups is 1. The normalized spacial score (nSPS) is 14.3. The van der Waals surface area contributed by atoms with E-state index in [0.29, 0.717) is 37.6 Å². The first-order chi connectivity index (χ1) is 14.5. The third-order valence-electron chi connectivity index (χ3n) is 5.20. The fraction of sp³-hybridized carbons (Fsp3) is 0.450. The zero-order valence-electron chi connectivity index (χ0n) is 17.4. The van der Waals surface area contributed by atoms with Crippen LogP contribution >= 0.6 is 11.3 Å². The first-order valence-electron chi connectivity index (χ1n) is 9.92. The summed E-state index contributed by atoms with van der Waals surface area (Å²) < 4.78 is 6.55. The predicted molar refractivity (Wildman–Crippen MR) is 117 cm³/mol. The van der Waals surface area contributed by atoms with E-state index in [1.165, 1.54) is 0 Å². The molecule has 0 spiro atoms. The SMILES string of the molecule is CCC(=O)N(C)Cc1sc2c(N3CCOCC3)nc(-c3cnc(N)nc3)nc2c1C. The molecule has 1 aliphatic heterocycles. The molecule has 0 saturated carbocycles. The van der Waals surface area contributed by atoms with Crippen LogP contribution in [0.25, 0.3) is 21.6 Å². The van der Waals surface area contributed by atoms with Crippen molar-refractivity contribution in [3.8, 4) is 11.4 Å². The number of thiophene rings is 1. The smallest absolute Gasteiger partial charge is 0.222 e. The molecule has 1 amide bonds. The lowest BCUT2D eigenvalue weighted by Crippen LogP contribution is -2.36. The van der Waals surface area contributed by atoms with Gasteiger partial charge in [0.15, 0.2) is 11.6 Å². The minimum Gasteiger partial charge on any atom is -0.378 e. The molecule has 9 nitrogen and oxygen atoms in total. The molecule has 10 heteroatoms. The molecule has 30 heavy (non-hydrogen) atoms. The van der Waals surface area contributed by atoms with Crippen LogP contribution in [0.3, 0.4) is 0 Å². The Morgan fingerprint density at radius 3 is 2.63 bits per heavy atom. The van der Waals surface area contributed by atoms with Crippen LogP contribution in [-0.4, -0.2) is 64.1 Å². The number of nitrogens with two attached hydrogens (primary N) is 1. The van der Waals surface area contributed by atoms with Crippen molar-refractivity contribution in [1.29, 1.82) is 0 Å². The largest absolute Gasteiger partial charge is 0.378 e. The van der Waals surface area contributed by atoms with Gasteiger partial charge in [-0.25, -0.2) is 19.9 Å². The van der Waals surface area contributed by atoms with E-state index in [1.54, 1.807) is 28.6 Å². The number of fused-ring (bicyclic) bond motifs is 1. The zero-order chi connectivity index (χ0) is 21.3. The van der Waals surface area contributed by atoms with Gasteiger partial charge in [-0.3, -0.25) is 4.79 Å². The minimum atomic E-state index is 0.117. The summed E-state index contributed by atoms with van der Waals surface area (Å²) in [4.78, 5) is 35.1. The number of anilines is 2. The number of ether oxygens (including phenoxy) is 1. The number of aryl methyl sites for hydroxylation is 1. The summed E-state index contributed by atoms with van der Waals surface area (Å²) in [5, 5.41) is 0. The second-order valence-corrected chi connectivity index (χ2v) is 8.34. The maximum Gasteiger partial charge on any atom is 0.222 e. The average molecular weight is 428 g/mol. The highest BCUT2D eigenvalue weighted by molar-refractivity contribution is 7.19. The van der Waals surface area contributed by atoms with Gasteiger partial charge in [-0.1, -0.05) is 6.92 Å². The maximum atomic E-state index is 12.1. The number of nitrogens with zero attached hydrogens (tertiary/aromatic N) is 6. The van der Waals surface area contributed by atoms with Crippen molar-refractivity contribution in [2.24, 2.45) is 0 Å². The van der Waals surface area contributed by atoms with Crippen LogP contribution < -0.4 is 10.6 Å². The molecular weight excluding hydrogens is 402 g/mol. The van der Waals surface area contributed by atoms with Crippen LogP contribution in [0.2, 0.25) is 0 Å². The Balaban J connectivity index is 1.83. The van der Waals surface area contributed by atoms with Crippen LogP contribution in [-0.2, 0) is 16.1 Å². The van der Waals surface area contributed by atoms with E-state index < -0.39 is 0 Å². The Kier molecular flexibility index (Phi) is 5.78. The van der Waals surface area contributed by atoms with E-state index >= 15 is 0 Å². The van der Waals surface area contributed by atoms with Gasteiger partial charge in [0.25, 0.3) is 0 Å². The van der Waals surface area contributed by atoms with Gasteiger partial charge in [-0.05, 0) is 12.5 Å². The highest BCUT2D eigenvalue weighted by Crippen LogP contribution is 2.37. The Bertz CT molecular complexity index is 1060. The van der Waals surface area contributed by atoms with E-state index in [1.807, 2.05) is 14.0 Å². The molecule has 3 aromatic heterocycles. The number of carbonyl (C=O) groups excluding carboxylic acids is 1. The summed E-state index contributed by atoms with van der Waals surface area (Å²) in [6.45, 7) is 7.35. The van der Waals surface area contributed by atoms with E-state index in [9.17, 15) is 4.79 Å². The number of nitrogen functional groups attached to an aromatic ring is 1. The minimum absolute atomic E-state index is 0.117. The van der Waals surface area contributed by atoms with Gasteiger partial charge in [-0.15, -0.1) is 11.3 Å². The number of rotatable bonds is 5. The van der Waals surface area contributed by atoms with Crippen molar-refractivity contribution in [2.75, 3.05) is 44.0 Å². The van der Waals surface area contributed by atoms with Crippen LogP contribution in [0.4, 0.5) is 11.8 Å². The number of hydrogen-bond acceptors (Lipinski definition) is 9. The monoisotopic (exact) mass is 427 g/mol. The summed E-state index contributed by atoms with van der Waals surface area (Å²) in [5.74, 6) is 1.78. The molecular formula is C20H25N7O2S. The number of morpholine rings is 1. The molecule has 0 atom stereocenters. The van der Waals surface area contributed by atoms with Gasteiger partial charge in [-0.2, -0.15) is 0 Å². The third kappa shape index (κ3) is 3.92. The lowest BCUT2D eigenvalue weighted by Gasteiger charge is -2.28. The van der Waals surface area contributed by atoms with Crippen molar-refractivity contribution >= 4 is 39.2 Å². The summed E-state index contributed by atoms with van der Waals surface area (Å²) in [6.07, 6.45) is 3.77. The summed E-state index contributed by atoms with van der Waals surface area (Å²) in [5.41, 5.74) is 8.32. The molecule has 2 N–H and O–H groups in total. The highest BCUT2D eigenvalue weighted by atomic mass is 32.1. The molecule has 1 saturated heterocycles. The quantitative estimate of drug-likeness (QED) is 0.660. The molecule has 0 aliphatic carbocycles. The van der Waals surface area contributed by atoms with Gasteiger partial charge >= 0.3 is 0 Å². The van der Waals surface area contributed by atoms with Crippen LogP contribution in [0.1, 0.15) is 23.8 Å². The van der Waals surface area contributed by atoms with Crippen molar-refractivity contribution in [1.82, 2.24) is 24.8 Å². The number of amides is 1. The molecule has 0 unspecified atom stereocenters. The Morgan fingerprint density at radius 2 is 1.97 bits per heavy atom. The molecule has 158 valence electrons. The van der Waals surface area contributed by atoms with E-state index in [-0.39, 0.29) is 11.9 Å². The predicted octanol–water partition coefficient (Wildman–Crippen LogP) is 2.24. The first kappa shape index (κ1) is 20.4. The molecule has 0 radical (unpaired) electrons. The zero-order valence-corrected chi connectivity index (χ0v) is 18.2. The van der Waals surface area contributed by atoms with Crippen molar-refractivity contribution in [3.63, 3.8) is 0 Å². The molecule has 4 rings (SSSR count). The lowest BCUT2D eigenvalue weighted by atomic mass is 10.2. The lowest BCUT2D eigenvalue weighted by molar-refractivity contribution is -0.130. The van der Waals surface area contributed by atoms with Crippen LogP contribution in [0.5, 0.6) is 0 Å². The van der Waals surface area contributed by atoms with Crippen LogP contribution in [0.15, 0.2) is 12.4 Å². The van der Waals surface area contributed by atoms with Gasteiger partial charge in [0.1, 0.15) is 0 Å². The van der Waals surface area contributed by atoms with E-state index in [2.05, 4.69) is 21.8 Å². The summed E-state index contributed by atoms with van der Waals surface area (Å²) in [6, 6.07) is 0. The Labute approximate surface area is 178 Å². The number of aromatic nitrogens is 4. The fourth-order valence-corrected chi connectivity index (χ4v) is 4.73. The first-order valence-corrected chi connectivity index (χ1v) is 10.7. The van der Waals surface area contributed by atoms with Crippen LogP contribution in [0, 0.1) is 6.92 Å². The summed E-state index contributed by atoms with van der Waals surface area (Å²) >= 11 is 1.65. The third-order valence-corrected chi connectivity index (χ3v) is 6.46. The molecule has 1 aliphatic rings. The van der Waals surface area contributed by atoms with E-state index in [0.717, 1.165) is 39.6 Å². The van der Waals surface area contributed by atoms with Gasteiger partial charge in [0, 0.05) is 43.8 Å². The average Bonchev–Trinajstić information content (AvgIpc) is 3.09. The van der Waals surface area contributed by atoms with Crippen molar-refractivity contribution in [2.45, 2.75) is 26.8 Å². The topological polar surface area (TPSA) is 110 Å². The standard InChI is InChI=1S/C20H25N7O2S/c1-4-15(28)26(3)11-14-12(2)16-17(30-14)19(27-5-7-29-8-6-27)25-18(24-16)13-9-22-20(21)23-10-13/h9-10H,4-8,11H2,1-3H3,(H2,21,22,23). The molecule has 0 bridgehead atoms. The molecule has 4 heterocycles. The Hall–Kier alpha value is -2.85. The second-order valence-electron chi connectivity index (χ2n) is 7.23. The van der Waals surface area contributed by atoms with E-state index in [4.69, 9.17) is 20.4 Å². The fourth-order valence-electron chi connectivity index (χ4n) is 3.42.